The Morgan fingerprint density at radius 2 is 1.04 bits per heavy atom. The number of aromatic hydroxyl groups is 2. The fourth-order valence-corrected chi connectivity index (χ4v) is 5.39. The van der Waals surface area contributed by atoms with E-state index in [0.29, 0.717) is 85.6 Å². The smallest absolute Gasteiger partial charge is 0.341 e. The van der Waals surface area contributed by atoms with Crippen molar-refractivity contribution in [2.75, 3.05) is 30.3 Å². The van der Waals surface area contributed by atoms with Crippen LogP contribution in [0.25, 0.3) is 0 Å². The van der Waals surface area contributed by atoms with Crippen LogP contribution in [0.5, 0.6) is 11.5 Å². The molecule has 12 heteroatoms. The van der Waals surface area contributed by atoms with Crippen molar-refractivity contribution in [1.82, 2.24) is 19.9 Å². The summed E-state index contributed by atoms with van der Waals surface area (Å²) in [6.07, 6.45) is 5.80. The van der Waals surface area contributed by atoms with Gasteiger partial charge in [-0.1, -0.05) is 52.0 Å². The van der Waals surface area contributed by atoms with Gasteiger partial charge in [-0.15, -0.1) is 0 Å². The van der Waals surface area contributed by atoms with Crippen LogP contribution >= 0.6 is 0 Å². The van der Waals surface area contributed by atoms with E-state index in [2.05, 4.69) is 30.6 Å². The molecule has 2 heterocycles. The maximum absolute atomic E-state index is 12.2. The number of nitrogens with zero attached hydrogens (tertiary/aromatic N) is 4. The van der Waals surface area contributed by atoms with Gasteiger partial charge in [-0.2, -0.15) is 0 Å². The van der Waals surface area contributed by atoms with Gasteiger partial charge in [0.2, 0.25) is 11.9 Å². The molecule has 0 aliphatic heterocycles. The summed E-state index contributed by atoms with van der Waals surface area (Å²) in [5.41, 5.74) is 5.44. The number of phenolic OH excluding ortho intramolecular Hbond substituents is 2. The molecule has 0 amide bonds. The lowest BCUT2D eigenvalue weighted by atomic mass is 10.1. The van der Waals surface area contributed by atoms with Crippen LogP contribution in [0.2, 0.25) is 0 Å². The standard InChI is InChI=1S/C20H27N3O3.C18H23N3O3/c1-4-16-18(19(25)26-6-3)17(5-2)23-20(22-16)21-12-8-10-14-9-7-11-15(24)13-14;1-3-14-16(17(23)24)15(4-2)21-18(20-14)19-10-6-8-12-7-5-9-13(22)11-12/h7,9,11,13,24H,4-6,8,10,12H2,1-3H3,(H,21,22,23);5,7,9,11,22H,3-4,6,8,10H2,1-2H3,(H,23,24)(H,19,20,21). The Labute approximate surface area is 294 Å². The number of carboxylic acids is 1. The van der Waals surface area contributed by atoms with Crippen LogP contribution in [0.3, 0.4) is 0 Å². The molecule has 50 heavy (non-hydrogen) atoms. The molecular formula is C38H50N6O6. The highest BCUT2D eigenvalue weighted by Gasteiger charge is 2.20. The summed E-state index contributed by atoms with van der Waals surface area (Å²) in [5.74, 6) is 0.254. The van der Waals surface area contributed by atoms with Crippen molar-refractivity contribution in [2.24, 2.45) is 0 Å². The number of esters is 1. The van der Waals surface area contributed by atoms with Gasteiger partial charge in [0.05, 0.1) is 29.4 Å². The maximum atomic E-state index is 12.2. The van der Waals surface area contributed by atoms with Crippen LogP contribution in [0, 0.1) is 0 Å². The van der Waals surface area contributed by atoms with Crippen molar-refractivity contribution in [3.8, 4) is 11.5 Å². The zero-order chi connectivity index (χ0) is 36.5. The van der Waals surface area contributed by atoms with E-state index in [1.165, 1.54) is 0 Å². The Morgan fingerprint density at radius 1 is 0.640 bits per heavy atom. The van der Waals surface area contributed by atoms with Crippen molar-refractivity contribution in [3.63, 3.8) is 0 Å². The molecule has 0 radical (unpaired) electrons. The first-order valence-corrected chi connectivity index (χ1v) is 17.4. The number of phenols is 2. The van der Waals surface area contributed by atoms with Crippen LogP contribution in [-0.4, -0.2) is 66.9 Å². The highest BCUT2D eigenvalue weighted by Crippen LogP contribution is 2.19. The van der Waals surface area contributed by atoms with E-state index in [1.54, 1.807) is 31.2 Å². The minimum Gasteiger partial charge on any atom is -0.508 e. The minimum absolute atomic E-state index is 0.227. The molecule has 0 aliphatic rings. The van der Waals surface area contributed by atoms with Gasteiger partial charge in [-0.3, -0.25) is 0 Å². The molecule has 0 spiro atoms. The number of ether oxygens (including phenoxy) is 1. The maximum Gasteiger partial charge on any atom is 0.341 e. The molecule has 12 nitrogen and oxygen atoms in total. The summed E-state index contributed by atoms with van der Waals surface area (Å²) in [4.78, 5) is 41.3. The third kappa shape index (κ3) is 11.7. The van der Waals surface area contributed by atoms with Crippen molar-refractivity contribution < 1.29 is 29.6 Å². The van der Waals surface area contributed by atoms with Crippen LogP contribution < -0.4 is 10.6 Å². The van der Waals surface area contributed by atoms with Crippen molar-refractivity contribution in [3.05, 3.63) is 93.6 Å². The van der Waals surface area contributed by atoms with E-state index in [-0.39, 0.29) is 23.0 Å². The molecule has 0 saturated heterocycles. The summed E-state index contributed by atoms with van der Waals surface area (Å²) in [7, 11) is 0. The number of benzene rings is 2. The predicted octanol–water partition coefficient (Wildman–Crippen LogP) is 6.58. The average Bonchev–Trinajstić information content (AvgIpc) is 3.11. The normalized spacial score (nSPS) is 10.6. The van der Waals surface area contributed by atoms with E-state index in [0.717, 1.165) is 36.8 Å². The first-order chi connectivity index (χ1) is 24.1. The van der Waals surface area contributed by atoms with Crippen molar-refractivity contribution in [1.29, 1.82) is 0 Å². The fourth-order valence-electron chi connectivity index (χ4n) is 5.39. The highest BCUT2D eigenvalue weighted by atomic mass is 16.5. The lowest BCUT2D eigenvalue weighted by Gasteiger charge is -2.13. The van der Waals surface area contributed by atoms with Gasteiger partial charge in [0.1, 0.15) is 22.6 Å². The average molecular weight is 687 g/mol. The van der Waals surface area contributed by atoms with Crippen molar-refractivity contribution in [2.45, 2.75) is 86.0 Å². The number of carbonyl (C=O) groups excluding carboxylic acids is 1. The first kappa shape index (κ1) is 39.2. The number of rotatable bonds is 17. The van der Waals surface area contributed by atoms with E-state index in [1.807, 2.05) is 52.0 Å². The second-order valence-corrected chi connectivity index (χ2v) is 11.5. The fraction of sp³-hybridized carbons (Fsp3) is 0.421. The minimum atomic E-state index is -0.973. The van der Waals surface area contributed by atoms with E-state index >= 15 is 0 Å². The number of nitrogens with one attached hydrogen (secondary N) is 2. The van der Waals surface area contributed by atoms with Crippen LogP contribution in [0.4, 0.5) is 11.9 Å². The Bertz CT molecular complexity index is 1660. The number of aryl methyl sites for hydroxylation is 6. The zero-order valence-corrected chi connectivity index (χ0v) is 29.8. The first-order valence-electron chi connectivity index (χ1n) is 17.4. The largest absolute Gasteiger partial charge is 0.508 e. The number of carbonyl (C=O) groups is 2. The molecule has 5 N–H and O–H groups in total. The Hall–Kier alpha value is -5.26. The summed E-state index contributed by atoms with van der Waals surface area (Å²) >= 11 is 0. The molecule has 2 aromatic carbocycles. The van der Waals surface area contributed by atoms with Gasteiger partial charge < -0.3 is 30.7 Å². The van der Waals surface area contributed by atoms with Gasteiger partial charge >= 0.3 is 11.9 Å². The number of hydrogen-bond donors (Lipinski definition) is 5. The van der Waals surface area contributed by atoms with E-state index < -0.39 is 5.97 Å². The topological polar surface area (TPSA) is 180 Å². The lowest BCUT2D eigenvalue weighted by Crippen LogP contribution is -2.17. The monoisotopic (exact) mass is 686 g/mol. The molecule has 2 aromatic heterocycles. The third-order valence-electron chi connectivity index (χ3n) is 7.82. The highest BCUT2D eigenvalue weighted by molar-refractivity contribution is 5.92. The summed E-state index contributed by atoms with van der Waals surface area (Å²) < 4.78 is 5.15. The van der Waals surface area contributed by atoms with Gasteiger partial charge in [0.25, 0.3) is 0 Å². The van der Waals surface area contributed by atoms with Gasteiger partial charge in [-0.05, 0) is 93.7 Å². The molecule has 0 fully saturated rings. The Morgan fingerprint density at radius 3 is 1.38 bits per heavy atom. The predicted molar refractivity (Wildman–Crippen MR) is 194 cm³/mol. The molecule has 4 rings (SSSR count). The molecule has 4 aromatic rings. The number of aromatic nitrogens is 4. The second-order valence-electron chi connectivity index (χ2n) is 11.5. The summed E-state index contributed by atoms with van der Waals surface area (Å²) in [6, 6.07) is 14.5. The van der Waals surface area contributed by atoms with Crippen LogP contribution in [0.15, 0.2) is 48.5 Å². The van der Waals surface area contributed by atoms with Crippen LogP contribution in [0.1, 0.15) is 102 Å². The molecule has 0 bridgehead atoms. The zero-order valence-electron chi connectivity index (χ0n) is 29.8. The Balaban J connectivity index is 0.000000271. The quantitative estimate of drug-likeness (QED) is 0.0596. The molecular weight excluding hydrogens is 636 g/mol. The summed E-state index contributed by atoms with van der Waals surface area (Å²) in [6.45, 7) is 11.2. The SMILES string of the molecule is CCOC(=O)c1c(CC)nc(NCCCc2cccc(O)c2)nc1CC.CCc1nc(NCCCc2cccc(O)c2)nc(CC)c1C(=O)O. The van der Waals surface area contributed by atoms with E-state index in [9.17, 15) is 24.9 Å². The molecule has 0 aliphatic carbocycles. The molecule has 0 unspecified atom stereocenters. The number of carboxylic acid groups (broad SMARTS) is 1. The number of anilines is 2. The number of aromatic carboxylic acids is 1. The molecule has 0 atom stereocenters. The molecule has 268 valence electrons. The lowest BCUT2D eigenvalue weighted by molar-refractivity contribution is 0.0522. The number of hydrogen-bond acceptors (Lipinski definition) is 11. The third-order valence-corrected chi connectivity index (χ3v) is 7.82. The van der Waals surface area contributed by atoms with Gasteiger partial charge in [0.15, 0.2) is 0 Å². The summed E-state index contributed by atoms with van der Waals surface area (Å²) in [5, 5.41) is 34.7. The Kier molecular flexibility index (Phi) is 15.9. The second kappa shape index (κ2) is 20.3. The van der Waals surface area contributed by atoms with Gasteiger partial charge in [-0.25, -0.2) is 29.5 Å². The van der Waals surface area contributed by atoms with Crippen molar-refractivity contribution >= 4 is 23.8 Å². The van der Waals surface area contributed by atoms with E-state index in [4.69, 9.17) is 4.74 Å². The van der Waals surface area contributed by atoms with Crippen LogP contribution in [-0.2, 0) is 43.3 Å². The van der Waals surface area contributed by atoms with Gasteiger partial charge in [0, 0.05) is 13.1 Å². The molecule has 0 saturated carbocycles.